The fourth-order valence-corrected chi connectivity index (χ4v) is 6.00. The molecule has 0 spiro atoms. The molecule has 3 amide bonds. The molecule has 10 heteroatoms. The Bertz CT molecular complexity index is 1200. The van der Waals surface area contributed by atoms with E-state index in [0.717, 1.165) is 29.0 Å². The molecule has 2 aromatic heterocycles. The predicted molar refractivity (Wildman–Crippen MR) is 131 cm³/mol. The van der Waals surface area contributed by atoms with E-state index in [4.69, 9.17) is 17.3 Å². The van der Waals surface area contributed by atoms with Crippen molar-refractivity contribution in [2.24, 2.45) is 5.73 Å². The van der Waals surface area contributed by atoms with Gasteiger partial charge < -0.3 is 16.0 Å². The van der Waals surface area contributed by atoms with Crippen LogP contribution >= 0.6 is 34.3 Å². The number of likely N-dealkylation sites (tertiary alicyclic amines) is 1. The molecule has 1 aromatic carbocycles. The number of amides is 3. The summed E-state index contributed by atoms with van der Waals surface area (Å²) in [6.07, 6.45) is 1.87. The van der Waals surface area contributed by atoms with E-state index >= 15 is 0 Å². The molecule has 1 saturated heterocycles. The van der Waals surface area contributed by atoms with E-state index in [1.807, 2.05) is 23.1 Å². The molecule has 0 radical (unpaired) electrons. The second-order valence-electron chi connectivity index (χ2n) is 7.94. The first-order valence-electron chi connectivity index (χ1n) is 10.5. The molecule has 0 bridgehead atoms. The van der Waals surface area contributed by atoms with Gasteiger partial charge in [0, 0.05) is 29.4 Å². The molecule has 3 aromatic rings. The Hall–Kier alpha value is -2.75. The number of rotatable bonds is 6. The van der Waals surface area contributed by atoms with Crippen LogP contribution in [0.3, 0.4) is 0 Å². The number of thiophene rings is 1. The van der Waals surface area contributed by atoms with Crippen molar-refractivity contribution in [2.75, 3.05) is 18.4 Å². The van der Waals surface area contributed by atoms with E-state index in [2.05, 4.69) is 10.3 Å². The van der Waals surface area contributed by atoms with E-state index in [-0.39, 0.29) is 17.7 Å². The van der Waals surface area contributed by atoms with Gasteiger partial charge in [0.1, 0.15) is 10.7 Å². The maximum absolute atomic E-state index is 12.7. The number of carbonyl (C=O) groups is 3. The summed E-state index contributed by atoms with van der Waals surface area (Å²) in [5.41, 5.74) is 7.64. The Morgan fingerprint density at radius 2 is 1.91 bits per heavy atom. The highest BCUT2D eigenvalue weighted by Gasteiger charge is 2.27. The van der Waals surface area contributed by atoms with Crippen molar-refractivity contribution in [3.05, 3.63) is 67.4 Å². The number of aryl methyl sites for hydroxylation is 1. The number of piperidine rings is 1. The molecule has 172 valence electrons. The first-order valence-corrected chi connectivity index (χ1v) is 12.6. The van der Waals surface area contributed by atoms with Gasteiger partial charge in [0.25, 0.3) is 11.8 Å². The van der Waals surface area contributed by atoms with Gasteiger partial charge in [-0.05, 0) is 42.3 Å². The summed E-state index contributed by atoms with van der Waals surface area (Å²) < 4.78 is 0. The highest BCUT2D eigenvalue weighted by molar-refractivity contribution is 7.15. The van der Waals surface area contributed by atoms with E-state index in [0.29, 0.717) is 40.8 Å². The third-order valence-corrected chi connectivity index (χ3v) is 8.09. The summed E-state index contributed by atoms with van der Waals surface area (Å²) in [5, 5.41) is 8.19. The Morgan fingerprint density at radius 3 is 2.61 bits per heavy atom. The van der Waals surface area contributed by atoms with Crippen molar-refractivity contribution >= 4 is 57.0 Å². The first-order chi connectivity index (χ1) is 15.8. The van der Waals surface area contributed by atoms with Gasteiger partial charge in [-0.2, -0.15) is 0 Å². The Labute approximate surface area is 204 Å². The van der Waals surface area contributed by atoms with E-state index in [1.165, 1.54) is 22.7 Å². The summed E-state index contributed by atoms with van der Waals surface area (Å²) in [6, 6.07) is 7.40. The zero-order valence-electron chi connectivity index (χ0n) is 18.0. The van der Waals surface area contributed by atoms with Crippen LogP contribution in [-0.4, -0.2) is 40.7 Å². The molecule has 0 atom stereocenters. The van der Waals surface area contributed by atoms with Crippen LogP contribution in [0.25, 0.3) is 0 Å². The third-order valence-electron chi connectivity index (χ3n) is 5.70. The minimum Gasteiger partial charge on any atom is -0.365 e. The maximum Gasteiger partial charge on any atom is 0.275 e. The molecule has 1 fully saturated rings. The molecule has 1 aliphatic rings. The third kappa shape index (κ3) is 5.26. The van der Waals surface area contributed by atoms with E-state index < -0.39 is 5.91 Å². The van der Waals surface area contributed by atoms with Crippen LogP contribution in [0.5, 0.6) is 0 Å². The largest absolute Gasteiger partial charge is 0.365 e. The van der Waals surface area contributed by atoms with Crippen LogP contribution in [0.4, 0.5) is 5.00 Å². The lowest BCUT2D eigenvalue weighted by atomic mass is 9.97. The number of hydrogen-bond acceptors (Lipinski definition) is 6. The van der Waals surface area contributed by atoms with E-state index in [1.54, 1.807) is 23.8 Å². The lowest BCUT2D eigenvalue weighted by Gasteiger charge is -2.31. The summed E-state index contributed by atoms with van der Waals surface area (Å²) in [7, 11) is 0. The summed E-state index contributed by atoms with van der Waals surface area (Å²) in [5.74, 6) is -0.670. The molecule has 0 unspecified atom stereocenters. The molecule has 1 aliphatic heterocycles. The van der Waals surface area contributed by atoms with Crippen molar-refractivity contribution in [1.29, 1.82) is 0 Å². The summed E-state index contributed by atoms with van der Waals surface area (Å²) >= 11 is 8.89. The second kappa shape index (κ2) is 10.0. The smallest absolute Gasteiger partial charge is 0.275 e. The molecule has 3 heterocycles. The second-order valence-corrected chi connectivity index (χ2v) is 10.1. The normalized spacial score (nSPS) is 14.3. The van der Waals surface area contributed by atoms with Crippen molar-refractivity contribution < 1.29 is 14.4 Å². The minimum absolute atomic E-state index is 0.0669. The fourth-order valence-electron chi connectivity index (χ4n) is 3.88. The molecular formula is C23H23ClN4O3S2. The number of anilines is 1. The lowest BCUT2D eigenvalue weighted by molar-refractivity contribution is -0.131. The zero-order chi connectivity index (χ0) is 23.5. The standard InChI is InChI=1S/C23H23ClN4O3S2/c1-13-11-32-23(19(13)20(25)30)27-21(31)17-12-33-22(26-17)14-6-8-28(9-7-14)18(29)10-15-4-2-3-5-16(15)24/h2-5,11-12,14H,6-10H2,1H3,(H2,25,30)(H,27,31). The molecule has 3 N–H and O–H groups in total. The SMILES string of the molecule is Cc1csc(NC(=O)c2csc(C3CCN(C(=O)Cc4ccccc4Cl)CC3)n2)c1C(N)=O. The van der Waals surface area contributed by atoms with Crippen LogP contribution in [0, 0.1) is 6.92 Å². The number of nitrogens with two attached hydrogens (primary N) is 1. The fraction of sp³-hybridized carbons (Fsp3) is 0.304. The molecule has 7 nitrogen and oxygen atoms in total. The molecule has 0 saturated carbocycles. The number of primary amides is 1. The van der Waals surface area contributed by atoms with Crippen LogP contribution < -0.4 is 11.1 Å². The van der Waals surface area contributed by atoms with Crippen molar-refractivity contribution in [3.8, 4) is 0 Å². The molecular weight excluding hydrogens is 480 g/mol. The highest BCUT2D eigenvalue weighted by Crippen LogP contribution is 2.32. The van der Waals surface area contributed by atoms with Crippen LogP contribution in [-0.2, 0) is 11.2 Å². The molecule has 4 rings (SSSR count). The summed E-state index contributed by atoms with van der Waals surface area (Å²) in [6.45, 7) is 3.07. The van der Waals surface area contributed by atoms with Gasteiger partial charge in [-0.15, -0.1) is 22.7 Å². The monoisotopic (exact) mass is 502 g/mol. The van der Waals surface area contributed by atoms with Crippen molar-refractivity contribution in [1.82, 2.24) is 9.88 Å². The molecule has 33 heavy (non-hydrogen) atoms. The topological polar surface area (TPSA) is 105 Å². The summed E-state index contributed by atoms with van der Waals surface area (Å²) in [4.78, 5) is 43.4. The Balaban J connectivity index is 1.34. The minimum atomic E-state index is -0.571. The van der Waals surface area contributed by atoms with Crippen LogP contribution in [0.1, 0.15) is 55.7 Å². The average molecular weight is 503 g/mol. The Morgan fingerprint density at radius 1 is 1.18 bits per heavy atom. The first kappa shape index (κ1) is 23.4. The van der Waals surface area contributed by atoms with Gasteiger partial charge in [-0.1, -0.05) is 29.8 Å². The zero-order valence-corrected chi connectivity index (χ0v) is 20.4. The van der Waals surface area contributed by atoms with Gasteiger partial charge in [0.05, 0.1) is 17.0 Å². The molecule has 0 aliphatic carbocycles. The van der Waals surface area contributed by atoms with Gasteiger partial charge in [0.15, 0.2) is 0 Å². The number of carbonyl (C=O) groups excluding carboxylic acids is 3. The lowest BCUT2D eigenvalue weighted by Crippen LogP contribution is -2.38. The van der Waals surface area contributed by atoms with Gasteiger partial charge in [-0.3, -0.25) is 14.4 Å². The highest BCUT2D eigenvalue weighted by atomic mass is 35.5. The average Bonchev–Trinajstić information content (AvgIpc) is 3.42. The number of nitrogens with one attached hydrogen (secondary N) is 1. The van der Waals surface area contributed by atoms with Crippen LogP contribution in [0.15, 0.2) is 35.0 Å². The number of nitrogens with zero attached hydrogens (tertiary/aromatic N) is 2. The number of hydrogen-bond donors (Lipinski definition) is 2. The maximum atomic E-state index is 12.7. The van der Waals surface area contributed by atoms with Gasteiger partial charge in [0.2, 0.25) is 5.91 Å². The van der Waals surface area contributed by atoms with Crippen molar-refractivity contribution in [3.63, 3.8) is 0 Å². The van der Waals surface area contributed by atoms with Crippen LogP contribution in [0.2, 0.25) is 5.02 Å². The number of benzene rings is 1. The predicted octanol–water partition coefficient (Wildman–Crippen LogP) is 4.47. The quantitative estimate of drug-likeness (QED) is 0.518. The number of aromatic nitrogens is 1. The van der Waals surface area contributed by atoms with Gasteiger partial charge >= 0.3 is 0 Å². The number of thiazole rings is 1. The van der Waals surface area contributed by atoms with E-state index in [9.17, 15) is 14.4 Å². The number of halogens is 1. The Kier molecular flexibility index (Phi) is 7.11. The van der Waals surface area contributed by atoms with Crippen molar-refractivity contribution in [2.45, 2.75) is 32.1 Å². The van der Waals surface area contributed by atoms with Gasteiger partial charge in [-0.25, -0.2) is 4.98 Å².